The van der Waals surface area contributed by atoms with Crippen LogP contribution in [0.15, 0.2) is 0 Å². The summed E-state index contributed by atoms with van der Waals surface area (Å²) in [6, 6.07) is 0.589. The highest BCUT2D eigenvalue weighted by atomic mass is 16.2. The molecule has 1 atom stereocenters. The van der Waals surface area contributed by atoms with Crippen LogP contribution < -0.4 is 5.73 Å². The van der Waals surface area contributed by atoms with Gasteiger partial charge >= 0.3 is 0 Å². The summed E-state index contributed by atoms with van der Waals surface area (Å²) in [6.45, 7) is 2.49. The molecular weight excluding hydrogens is 178 g/mol. The van der Waals surface area contributed by atoms with Crippen LogP contribution in [0.25, 0.3) is 0 Å². The van der Waals surface area contributed by atoms with Crippen LogP contribution in [-0.4, -0.2) is 54.5 Å². The van der Waals surface area contributed by atoms with E-state index in [0.29, 0.717) is 18.5 Å². The average molecular weight is 197 g/mol. The van der Waals surface area contributed by atoms with E-state index in [-0.39, 0.29) is 6.04 Å². The average Bonchev–Trinajstić information content (AvgIpc) is 2.96. The van der Waals surface area contributed by atoms with Crippen LogP contribution in [0.3, 0.4) is 0 Å². The molecule has 1 unspecified atom stereocenters. The molecule has 80 valence electrons. The Morgan fingerprint density at radius 2 is 2.14 bits per heavy atom. The lowest BCUT2D eigenvalue weighted by atomic mass is 10.1. The smallest absolute Gasteiger partial charge is 0.240 e. The van der Waals surface area contributed by atoms with Gasteiger partial charge in [-0.15, -0.1) is 0 Å². The van der Waals surface area contributed by atoms with Crippen molar-refractivity contribution in [1.82, 2.24) is 9.80 Å². The number of hydrogen-bond donors (Lipinski definition) is 1. The van der Waals surface area contributed by atoms with Crippen LogP contribution in [0.4, 0.5) is 0 Å². The van der Waals surface area contributed by atoms with E-state index in [4.69, 9.17) is 5.73 Å². The molecule has 0 aromatic heterocycles. The third-order valence-electron chi connectivity index (χ3n) is 3.22. The highest BCUT2D eigenvalue weighted by Crippen LogP contribution is 2.29. The fourth-order valence-corrected chi connectivity index (χ4v) is 2.16. The van der Waals surface area contributed by atoms with Crippen molar-refractivity contribution in [3.8, 4) is 0 Å². The minimum atomic E-state index is 0.0364. The van der Waals surface area contributed by atoms with Gasteiger partial charge in [-0.1, -0.05) is 0 Å². The van der Waals surface area contributed by atoms with Gasteiger partial charge < -0.3 is 10.6 Å². The first-order valence-electron chi connectivity index (χ1n) is 5.45. The maximum absolute atomic E-state index is 12.0. The Balaban J connectivity index is 2.01. The van der Waals surface area contributed by atoms with Gasteiger partial charge in [-0.25, -0.2) is 0 Å². The molecule has 1 amide bonds. The standard InChI is InChI=1S/C10H19N3O/c1-12-6-7-13(8-2-3-8)10(14)9(12)4-5-11/h8-9H,2-7,11H2,1H3. The number of carbonyl (C=O) groups excluding carboxylic acids is 1. The number of nitrogens with zero attached hydrogens (tertiary/aromatic N) is 2. The summed E-state index contributed by atoms with van der Waals surface area (Å²) in [5, 5.41) is 0. The van der Waals surface area contributed by atoms with Gasteiger partial charge in [0.15, 0.2) is 0 Å². The summed E-state index contributed by atoms with van der Waals surface area (Å²) >= 11 is 0. The second-order valence-corrected chi connectivity index (χ2v) is 4.34. The number of carbonyl (C=O) groups is 1. The molecule has 0 aromatic carbocycles. The van der Waals surface area contributed by atoms with E-state index in [0.717, 1.165) is 19.5 Å². The van der Waals surface area contributed by atoms with Crippen molar-refractivity contribution in [2.75, 3.05) is 26.7 Å². The largest absolute Gasteiger partial charge is 0.337 e. The number of amides is 1. The summed E-state index contributed by atoms with van der Waals surface area (Å²) in [6.07, 6.45) is 3.19. The first kappa shape index (κ1) is 9.93. The van der Waals surface area contributed by atoms with E-state index in [2.05, 4.69) is 9.80 Å². The van der Waals surface area contributed by atoms with Gasteiger partial charge in [0, 0.05) is 19.1 Å². The fourth-order valence-electron chi connectivity index (χ4n) is 2.16. The summed E-state index contributed by atoms with van der Waals surface area (Å²) < 4.78 is 0. The van der Waals surface area contributed by atoms with Crippen molar-refractivity contribution in [3.05, 3.63) is 0 Å². The Morgan fingerprint density at radius 3 is 2.71 bits per heavy atom. The van der Waals surface area contributed by atoms with Crippen LogP contribution in [0.2, 0.25) is 0 Å². The maximum atomic E-state index is 12.0. The third kappa shape index (κ3) is 1.77. The molecular formula is C10H19N3O. The summed E-state index contributed by atoms with van der Waals surface area (Å²) in [7, 11) is 2.02. The molecule has 2 N–H and O–H groups in total. The Labute approximate surface area is 85.0 Å². The van der Waals surface area contributed by atoms with Crippen molar-refractivity contribution in [3.63, 3.8) is 0 Å². The molecule has 2 aliphatic rings. The van der Waals surface area contributed by atoms with Gasteiger partial charge in [-0.05, 0) is 32.9 Å². The molecule has 1 aliphatic heterocycles. The van der Waals surface area contributed by atoms with Crippen LogP contribution >= 0.6 is 0 Å². The first-order chi connectivity index (χ1) is 6.74. The molecule has 2 fully saturated rings. The highest BCUT2D eigenvalue weighted by molar-refractivity contribution is 5.83. The molecule has 1 saturated heterocycles. The van der Waals surface area contributed by atoms with E-state index >= 15 is 0 Å². The van der Waals surface area contributed by atoms with Crippen LogP contribution in [0, 0.1) is 0 Å². The zero-order chi connectivity index (χ0) is 10.1. The Kier molecular flexibility index (Phi) is 2.74. The monoisotopic (exact) mass is 197 g/mol. The number of likely N-dealkylation sites (N-methyl/N-ethyl adjacent to an activating group) is 1. The fraction of sp³-hybridized carbons (Fsp3) is 0.900. The molecule has 0 bridgehead atoms. The van der Waals surface area contributed by atoms with E-state index in [1.54, 1.807) is 0 Å². The Bertz CT molecular complexity index is 227. The number of nitrogens with two attached hydrogens (primary N) is 1. The molecule has 0 aromatic rings. The predicted octanol–water partition coefficient (Wildman–Crippen LogP) is -0.360. The first-order valence-corrected chi connectivity index (χ1v) is 5.45. The second-order valence-electron chi connectivity index (χ2n) is 4.34. The molecule has 4 heteroatoms. The molecule has 2 rings (SSSR count). The number of hydrogen-bond acceptors (Lipinski definition) is 3. The lowest BCUT2D eigenvalue weighted by molar-refractivity contribution is -0.141. The maximum Gasteiger partial charge on any atom is 0.240 e. The summed E-state index contributed by atoms with van der Waals surface area (Å²) in [4.78, 5) is 16.2. The quantitative estimate of drug-likeness (QED) is 0.672. The molecule has 14 heavy (non-hydrogen) atoms. The van der Waals surface area contributed by atoms with Crippen LogP contribution in [-0.2, 0) is 4.79 Å². The van der Waals surface area contributed by atoms with Gasteiger partial charge in [0.25, 0.3) is 0 Å². The van der Waals surface area contributed by atoms with E-state index in [9.17, 15) is 4.79 Å². The van der Waals surface area contributed by atoms with E-state index in [1.807, 2.05) is 7.05 Å². The Morgan fingerprint density at radius 1 is 1.43 bits per heavy atom. The van der Waals surface area contributed by atoms with Crippen molar-refractivity contribution in [2.45, 2.75) is 31.3 Å². The highest BCUT2D eigenvalue weighted by Gasteiger charge is 2.39. The van der Waals surface area contributed by atoms with Gasteiger partial charge in [0.1, 0.15) is 0 Å². The topological polar surface area (TPSA) is 49.6 Å². The van der Waals surface area contributed by atoms with E-state index < -0.39 is 0 Å². The van der Waals surface area contributed by atoms with Crippen molar-refractivity contribution < 1.29 is 4.79 Å². The molecule has 4 nitrogen and oxygen atoms in total. The summed E-state index contributed by atoms with van der Waals surface area (Å²) in [5.74, 6) is 0.298. The zero-order valence-electron chi connectivity index (χ0n) is 8.78. The molecule has 0 radical (unpaired) electrons. The minimum absolute atomic E-state index is 0.0364. The molecule has 1 heterocycles. The summed E-state index contributed by atoms with van der Waals surface area (Å²) in [5.41, 5.74) is 5.52. The lowest BCUT2D eigenvalue weighted by Gasteiger charge is -2.38. The lowest BCUT2D eigenvalue weighted by Crippen LogP contribution is -2.56. The van der Waals surface area contributed by atoms with Crippen LogP contribution in [0.5, 0.6) is 0 Å². The zero-order valence-corrected chi connectivity index (χ0v) is 8.78. The molecule has 0 spiro atoms. The second kappa shape index (κ2) is 3.87. The number of piperazine rings is 1. The van der Waals surface area contributed by atoms with Crippen molar-refractivity contribution >= 4 is 5.91 Å². The van der Waals surface area contributed by atoms with Gasteiger partial charge in [-0.3, -0.25) is 9.69 Å². The number of rotatable bonds is 3. The van der Waals surface area contributed by atoms with Gasteiger partial charge in [0.2, 0.25) is 5.91 Å². The Hall–Kier alpha value is -0.610. The van der Waals surface area contributed by atoms with Crippen LogP contribution in [0.1, 0.15) is 19.3 Å². The normalized spacial score (nSPS) is 29.7. The van der Waals surface area contributed by atoms with Gasteiger partial charge in [-0.2, -0.15) is 0 Å². The molecule has 1 saturated carbocycles. The van der Waals surface area contributed by atoms with E-state index in [1.165, 1.54) is 12.8 Å². The minimum Gasteiger partial charge on any atom is -0.337 e. The third-order valence-corrected chi connectivity index (χ3v) is 3.22. The predicted molar refractivity (Wildman–Crippen MR) is 54.8 cm³/mol. The van der Waals surface area contributed by atoms with Gasteiger partial charge in [0.05, 0.1) is 6.04 Å². The SMILES string of the molecule is CN1CCN(C2CC2)C(=O)C1CCN. The van der Waals surface area contributed by atoms with Crippen molar-refractivity contribution in [1.29, 1.82) is 0 Å². The molecule has 1 aliphatic carbocycles. The van der Waals surface area contributed by atoms with Crippen molar-refractivity contribution in [2.24, 2.45) is 5.73 Å².